The van der Waals surface area contributed by atoms with Gasteiger partial charge in [-0.3, -0.25) is 0 Å². The molecule has 2 N–H and O–H groups in total. The minimum Gasteiger partial charge on any atom is -0.327 e. The zero-order valence-corrected chi connectivity index (χ0v) is 14.3. The molecule has 1 heterocycles. The van der Waals surface area contributed by atoms with Gasteiger partial charge in [-0.2, -0.15) is 4.31 Å². The van der Waals surface area contributed by atoms with E-state index in [1.54, 1.807) is 16.4 Å². The Morgan fingerprint density at radius 3 is 2.43 bits per heavy atom. The van der Waals surface area contributed by atoms with Crippen molar-refractivity contribution in [3.63, 3.8) is 0 Å². The lowest BCUT2D eigenvalue weighted by Crippen LogP contribution is -2.48. The summed E-state index contributed by atoms with van der Waals surface area (Å²) < 4.78 is 26.8. The molecule has 1 aliphatic heterocycles. The smallest absolute Gasteiger partial charge is 0.243 e. The number of rotatable bonds is 4. The summed E-state index contributed by atoms with van der Waals surface area (Å²) in [6.45, 7) is 5.16. The van der Waals surface area contributed by atoms with Crippen LogP contribution in [0.25, 0.3) is 0 Å². The topological polar surface area (TPSA) is 63.4 Å². The molecule has 0 aromatic heterocycles. The summed E-state index contributed by atoms with van der Waals surface area (Å²) in [5, 5.41) is 0. The molecular formula is C15H25ClN2O2S. The van der Waals surface area contributed by atoms with Gasteiger partial charge in [-0.1, -0.05) is 32.4 Å². The number of sulfonamides is 1. The maximum atomic E-state index is 12.6. The monoisotopic (exact) mass is 332 g/mol. The highest BCUT2D eigenvalue weighted by atomic mass is 35.5. The second-order valence-corrected chi connectivity index (χ2v) is 7.62. The fourth-order valence-electron chi connectivity index (χ4n) is 2.61. The molecule has 0 spiro atoms. The molecule has 2 rings (SSSR count). The Kier molecular flexibility index (Phi) is 6.66. The van der Waals surface area contributed by atoms with Crippen molar-refractivity contribution in [2.24, 2.45) is 11.7 Å². The lowest BCUT2D eigenvalue weighted by molar-refractivity contribution is 0.250. The van der Waals surface area contributed by atoms with E-state index in [0.717, 1.165) is 19.3 Å². The van der Waals surface area contributed by atoms with E-state index < -0.39 is 10.0 Å². The first-order valence-electron chi connectivity index (χ1n) is 7.30. The van der Waals surface area contributed by atoms with Crippen LogP contribution in [0.15, 0.2) is 29.2 Å². The zero-order valence-electron chi connectivity index (χ0n) is 12.7. The van der Waals surface area contributed by atoms with Crippen molar-refractivity contribution in [1.29, 1.82) is 0 Å². The van der Waals surface area contributed by atoms with Crippen molar-refractivity contribution in [1.82, 2.24) is 4.31 Å². The van der Waals surface area contributed by atoms with E-state index in [2.05, 4.69) is 6.92 Å². The predicted molar refractivity (Wildman–Crippen MR) is 88.2 cm³/mol. The summed E-state index contributed by atoms with van der Waals surface area (Å²) >= 11 is 0. The summed E-state index contributed by atoms with van der Waals surface area (Å²) in [6.07, 6.45) is 2.78. The van der Waals surface area contributed by atoms with Gasteiger partial charge in [-0.25, -0.2) is 8.42 Å². The van der Waals surface area contributed by atoms with Crippen LogP contribution in [0.5, 0.6) is 0 Å². The second-order valence-electron chi connectivity index (χ2n) is 5.69. The zero-order chi connectivity index (χ0) is 14.8. The molecule has 1 aromatic rings. The number of hydrogen-bond acceptors (Lipinski definition) is 3. The summed E-state index contributed by atoms with van der Waals surface area (Å²) in [4.78, 5) is 0.389. The number of piperidine rings is 1. The Hall–Kier alpha value is -0.620. The SMILES string of the molecule is CCCc1ccc(S(=O)(=O)N2CCC(N)C(C)C2)cc1.Cl. The van der Waals surface area contributed by atoms with E-state index in [1.165, 1.54) is 5.56 Å². The number of hydrogen-bond donors (Lipinski definition) is 1. The molecule has 1 aromatic carbocycles. The molecule has 0 aliphatic carbocycles. The number of halogens is 1. The van der Waals surface area contributed by atoms with Gasteiger partial charge < -0.3 is 5.73 Å². The molecule has 2 unspecified atom stereocenters. The Balaban J connectivity index is 0.00000220. The molecule has 0 amide bonds. The van der Waals surface area contributed by atoms with Gasteiger partial charge in [0.1, 0.15) is 0 Å². The van der Waals surface area contributed by atoms with Crippen molar-refractivity contribution >= 4 is 22.4 Å². The van der Waals surface area contributed by atoms with E-state index in [0.29, 0.717) is 18.0 Å². The maximum Gasteiger partial charge on any atom is 0.243 e. The minimum atomic E-state index is -3.37. The summed E-state index contributed by atoms with van der Waals surface area (Å²) in [6, 6.07) is 7.37. The highest BCUT2D eigenvalue weighted by Crippen LogP contribution is 2.23. The fraction of sp³-hybridized carbons (Fsp3) is 0.600. The quantitative estimate of drug-likeness (QED) is 0.921. The molecule has 1 saturated heterocycles. The lowest BCUT2D eigenvalue weighted by Gasteiger charge is -2.34. The predicted octanol–water partition coefficient (Wildman–Crippen LogP) is 2.42. The van der Waals surface area contributed by atoms with Gasteiger partial charge in [-0.15, -0.1) is 12.4 Å². The number of nitrogens with zero attached hydrogens (tertiary/aromatic N) is 1. The molecule has 21 heavy (non-hydrogen) atoms. The van der Waals surface area contributed by atoms with Crippen LogP contribution in [0.4, 0.5) is 0 Å². The fourth-order valence-corrected chi connectivity index (χ4v) is 4.16. The van der Waals surface area contributed by atoms with Crippen molar-refractivity contribution in [3.8, 4) is 0 Å². The Bertz CT molecular complexity index is 545. The largest absolute Gasteiger partial charge is 0.327 e. The molecule has 1 fully saturated rings. The lowest BCUT2D eigenvalue weighted by atomic mass is 9.96. The molecular weight excluding hydrogens is 308 g/mol. The molecule has 120 valence electrons. The molecule has 4 nitrogen and oxygen atoms in total. The van der Waals surface area contributed by atoms with Crippen molar-refractivity contribution in [3.05, 3.63) is 29.8 Å². The van der Waals surface area contributed by atoms with Crippen LogP contribution >= 0.6 is 12.4 Å². The Morgan fingerprint density at radius 2 is 1.90 bits per heavy atom. The standard InChI is InChI=1S/C15H24N2O2S.ClH/c1-3-4-13-5-7-14(8-6-13)20(18,19)17-10-9-15(16)12(2)11-17;/h5-8,12,15H,3-4,9-11,16H2,1-2H3;1H. The first-order chi connectivity index (χ1) is 9.45. The van der Waals surface area contributed by atoms with Gasteiger partial charge in [0.05, 0.1) is 4.90 Å². The summed E-state index contributed by atoms with van der Waals surface area (Å²) in [7, 11) is -3.37. The van der Waals surface area contributed by atoms with Crippen LogP contribution < -0.4 is 5.73 Å². The molecule has 0 bridgehead atoms. The molecule has 6 heteroatoms. The Labute approximate surface area is 134 Å². The van der Waals surface area contributed by atoms with Gasteiger partial charge in [-0.05, 0) is 36.5 Å². The summed E-state index contributed by atoms with van der Waals surface area (Å²) in [5.74, 6) is 0.206. The molecule has 0 saturated carbocycles. The van der Waals surface area contributed by atoms with Crippen molar-refractivity contribution in [2.75, 3.05) is 13.1 Å². The van der Waals surface area contributed by atoms with E-state index in [1.807, 2.05) is 19.1 Å². The third kappa shape index (κ3) is 4.19. The van der Waals surface area contributed by atoms with Crippen molar-refractivity contribution < 1.29 is 8.42 Å². The van der Waals surface area contributed by atoms with Crippen molar-refractivity contribution in [2.45, 2.75) is 44.0 Å². The Morgan fingerprint density at radius 1 is 1.29 bits per heavy atom. The molecule has 0 radical (unpaired) electrons. The molecule has 2 atom stereocenters. The number of aryl methyl sites for hydroxylation is 1. The van der Waals surface area contributed by atoms with E-state index in [-0.39, 0.29) is 24.4 Å². The number of nitrogens with two attached hydrogens (primary N) is 1. The molecule has 1 aliphatic rings. The normalized spacial score (nSPS) is 23.6. The van der Waals surface area contributed by atoms with Gasteiger partial charge in [0.2, 0.25) is 10.0 Å². The first-order valence-corrected chi connectivity index (χ1v) is 8.74. The third-order valence-corrected chi connectivity index (χ3v) is 5.91. The van der Waals surface area contributed by atoms with E-state index >= 15 is 0 Å². The van der Waals surface area contributed by atoms with Gasteiger partial charge in [0.15, 0.2) is 0 Å². The minimum absolute atomic E-state index is 0. The van der Waals surface area contributed by atoms with Crippen LogP contribution in [0.3, 0.4) is 0 Å². The highest BCUT2D eigenvalue weighted by molar-refractivity contribution is 7.89. The van der Waals surface area contributed by atoms with Crippen LogP contribution in [0.2, 0.25) is 0 Å². The number of benzene rings is 1. The second kappa shape index (κ2) is 7.58. The summed E-state index contributed by atoms with van der Waals surface area (Å²) in [5.41, 5.74) is 7.14. The maximum absolute atomic E-state index is 12.6. The van der Waals surface area contributed by atoms with Crippen LogP contribution in [-0.4, -0.2) is 31.9 Å². The van der Waals surface area contributed by atoms with Gasteiger partial charge in [0.25, 0.3) is 0 Å². The van der Waals surface area contributed by atoms with Crippen LogP contribution in [0, 0.1) is 5.92 Å². The van der Waals surface area contributed by atoms with E-state index in [9.17, 15) is 8.42 Å². The van der Waals surface area contributed by atoms with Crippen LogP contribution in [0.1, 0.15) is 32.3 Å². The average Bonchev–Trinajstić information content (AvgIpc) is 2.43. The average molecular weight is 333 g/mol. The van der Waals surface area contributed by atoms with Gasteiger partial charge >= 0.3 is 0 Å². The van der Waals surface area contributed by atoms with Gasteiger partial charge in [0, 0.05) is 19.1 Å². The highest BCUT2D eigenvalue weighted by Gasteiger charge is 2.31. The first kappa shape index (κ1) is 18.4. The third-order valence-electron chi connectivity index (χ3n) is 4.03. The van der Waals surface area contributed by atoms with Crippen LogP contribution in [-0.2, 0) is 16.4 Å². The van der Waals surface area contributed by atoms with E-state index in [4.69, 9.17) is 5.73 Å².